The van der Waals surface area contributed by atoms with Crippen molar-refractivity contribution in [2.75, 3.05) is 26.4 Å². The number of Topliss-reactive ketones (excluding diaryl/α,β-unsaturated/α-hetero) is 1. The summed E-state index contributed by atoms with van der Waals surface area (Å²) in [6, 6.07) is 6.13. The molecule has 2 bridgehead atoms. The second-order valence-electron chi connectivity index (χ2n) is 9.82. The summed E-state index contributed by atoms with van der Waals surface area (Å²) >= 11 is 0. The maximum absolute atomic E-state index is 13.1. The van der Waals surface area contributed by atoms with Crippen LogP contribution in [-0.2, 0) is 19.1 Å². The lowest BCUT2D eigenvalue weighted by Gasteiger charge is -2.44. The van der Waals surface area contributed by atoms with Gasteiger partial charge in [0.25, 0.3) is 0 Å². The van der Waals surface area contributed by atoms with Gasteiger partial charge in [-0.15, -0.1) is 0 Å². The van der Waals surface area contributed by atoms with Gasteiger partial charge in [-0.1, -0.05) is 31.9 Å². The average molecular weight is 444 g/mol. The number of aryl methyl sites for hydroxylation is 1. The Morgan fingerprint density at radius 1 is 1.12 bits per heavy atom. The van der Waals surface area contributed by atoms with Gasteiger partial charge in [-0.2, -0.15) is 0 Å². The molecule has 32 heavy (non-hydrogen) atoms. The number of morpholine rings is 1. The third-order valence-corrected chi connectivity index (χ3v) is 7.50. The number of unbranched alkanes of at least 4 members (excludes halogenated alkanes) is 1. The summed E-state index contributed by atoms with van der Waals surface area (Å²) in [7, 11) is 0. The Kier molecular flexibility index (Phi) is 7.51. The van der Waals surface area contributed by atoms with Crippen molar-refractivity contribution in [1.29, 1.82) is 0 Å². The van der Waals surface area contributed by atoms with Gasteiger partial charge in [0.2, 0.25) is 5.91 Å². The van der Waals surface area contributed by atoms with E-state index in [4.69, 9.17) is 14.2 Å². The zero-order chi connectivity index (χ0) is 22.6. The normalized spacial score (nSPS) is 31.5. The summed E-state index contributed by atoms with van der Waals surface area (Å²) in [5.41, 5.74) is 1.92. The van der Waals surface area contributed by atoms with Crippen LogP contribution >= 0.6 is 0 Å². The largest absolute Gasteiger partial charge is 0.486 e. The molecule has 1 aromatic rings. The summed E-state index contributed by atoms with van der Waals surface area (Å²) in [4.78, 5) is 25.4. The number of carbonyl (C=O) groups excluding carboxylic acids is 2. The van der Waals surface area contributed by atoms with E-state index in [-0.39, 0.29) is 36.9 Å². The van der Waals surface area contributed by atoms with Crippen LogP contribution < -0.4 is 10.1 Å². The maximum atomic E-state index is 13.1. The van der Waals surface area contributed by atoms with E-state index in [0.717, 1.165) is 50.7 Å². The molecule has 4 aliphatic rings. The van der Waals surface area contributed by atoms with E-state index in [9.17, 15) is 9.59 Å². The molecule has 0 aromatic heterocycles. The van der Waals surface area contributed by atoms with Gasteiger partial charge in [0.05, 0.1) is 24.9 Å². The van der Waals surface area contributed by atoms with Crippen LogP contribution in [0.1, 0.15) is 75.3 Å². The zero-order valence-corrected chi connectivity index (χ0v) is 19.5. The van der Waals surface area contributed by atoms with Crippen molar-refractivity contribution in [3.05, 3.63) is 29.3 Å². The van der Waals surface area contributed by atoms with Crippen LogP contribution in [0.25, 0.3) is 0 Å². The molecule has 1 amide bonds. The predicted octanol–water partition coefficient (Wildman–Crippen LogP) is 4.08. The van der Waals surface area contributed by atoms with Gasteiger partial charge in [-0.05, 0) is 56.6 Å². The molecule has 5 rings (SSSR count). The first-order valence-corrected chi connectivity index (χ1v) is 12.2. The Balaban J connectivity index is 1.60. The van der Waals surface area contributed by atoms with E-state index < -0.39 is 5.54 Å². The predicted molar refractivity (Wildman–Crippen MR) is 122 cm³/mol. The number of fused-ring (bicyclic) bond motifs is 8. The number of benzene rings is 1. The van der Waals surface area contributed by atoms with Gasteiger partial charge in [0, 0.05) is 17.9 Å². The number of ketones is 1. The molecule has 176 valence electrons. The Labute approximate surface area is 191 Å². The van der Waals surface area contributed by atoms with Crippen molar-refractivity contribution in [2.24, 2.45) is 5.92 Å². The van der Waals surface area contributed by atoms with Gasteiger partial charge >= 0.3 is 0 Å². The summed E-state index contributed by atoms with van der Waals surface area (Å²) in [6.07, 6.45) is 7.40. The maximum Gasteiger partial charge on any atom is 0.246 e. The number of hydrogen-bond acceptors (Lipinski definition) is 5. The highest BCUT2D eigenvalue weighted by molar-refractivity contribution is 5.81. The number of ether oxygens (including phenoxy) is 3. The molecular weight excluding hydrogens is 406 g/mol. The molecule has 1 aromatic carbocycles. The quantitative estimate of drug-likeness (QED) is 0.759. The Hall–Kier alpha value is -1.92. The van der Waals surface area contributed by atoms with Crippen LogP contribution in [0.3, 0.4) is 0 Å². The second kappa shape index (κ2) is 10.3. The first kappa shape index (κ1) is 23.2. The molecule has 0 spiro atoms. The van der Waals surface area contributed by atoms with E-state index in [1.807, 2.05) is 12.1 Å². The highest BCUT2D eigenvalue weighted by Gasteiger charge is 2.44. The summed E-state index contributed by atoms with van der Waals surface area (Å²) in [5.74, 6) is 1.08. The topological polar surface area (TPSA) is 73.9 Å². The minimum absolute atomic E-state index is 0.0355. The lowest BCUT2D eigenvalue weighted by atomic mass is 9.77. The molecular formula is C26H37NO5. The molecule has 1 N–H and O–H groups in total. The lowest BCUT2D eigenvalue weighted by Crippen LogP contribution is -2.62. The van der Waals surface area contributed by atoms with E-state index in [0.29, 0.717) is 25.6 Å². The molecule has 0 unspecified atom stereocenters. The number of hydrogen-bond donors (Lipinski definition) is 1. The van der Waals surface area contributed by atoms with E-state index in [2.05, 4.69) is 25.2 Å². The molecule has 6 nitrogen and oxygen atoms in total. The monoisotopic (exact) mass is 443 g/mol. The molecule has 3 aliphatic heterocycles. The summed E-state index contributed by atoms with van der Waals surface area (Å²) in [6.45, 7) is 5.28. The molecule has 6 heteroatoms. The molecule has 3 heterocycles. The number of rotatable bonds is 4. The van der Waals surface area contributed by atoms with Gasteiger partial charge < -0.3 is 19.5 Å². The van der Waals surface area contributed by atoms with Crippen molar-refractivity contribution in [2.45, 2.75) is 82.8 Å². The Morgan fingerprint density at radius 2 is 1.94 bits per heavy atom. The highest BCUT2D eigenvalue weighted by Crippen LogP contribution is 2.41. The van der Waals surface area contributed by atoms with Crippen molar-refractivity contribution in [1.82, 2.24) is 5.32 Å². The lowest BCUT2D eigenvalue weighted by molar-refractivity contribution is -0.142. The van der Waals surface area contributed by atoms with Crippen molar-refractivity contribution >= 4 is 11.7 Å². The fourth-order valence-corrected chi connectivity index (χ4v) is 5.71. The SMILES string of the molecule is CCCC[C@@]1([C@H]2COC3CCC(CC3)c3c(C)cccc3OCC(=O)C2)COCC(=O)N1. The third kappa shape index (κ3) is 5.18. The van der Waals surface area contributed by atoms with E-state index in [1.54, 1.807) is 0 Å². The van der Waals surface area contributed by atoms with Crippen molar-refractivity contribution in [3.8, 4) is 5.75 Å². The molecule has 0 radical (unpaired) electrons. The first-order chi connectivity index (χ1) is 15.5. The Morgan fingerprint density at radius 3 is 2.69 bits per heavy atom. The molecule has 2 fully saturated rings. The Bertz CT molecular complexity index is 816. The third-order valence-electron chi connectivity index (χ3n) is 7.50. The fourth-order valence-electron chi connectivity index (χ4n) is 5.71. The van der Waals surface area contributed by atoms with Crippen LogP contribution in [0, 0.1) is 12.8 Å². The average Bonchev–Trinajstić information content (AvgIpc) is 2.81. The van der Waals surface area contributed by atoms with E-state index >= 15 is 0 Å². The minimum atomic E-state index is -0.563. The first-order valence-electron chi connectivity index (χ1n) is 12.2. The minimum Gasteiger partial charge on any atom is -0.486 e. The van der Waals surface area contributed by atoms with Gasteiger partial charge in [0.15, 0.2) is 5.78 Å². The smallest absolute Gasteiger partial charge is 0.246 e. The molecule has 1 saturated carbocycles. The second-order valence-corrected chi connectivity index (χ2v) is 9.82. The van der Waals surface area contributed by atoms with Gasteiger partial charge in [-0.25, -0.2) is 0 Å². The highest BCUT2D eigenvalue weighted by atomic mass is 16.5. The fraction of sp³-hybridized carbons (Fsp3) is 0.692. The summed E-state index contributed by atoms with van der Waals surface area (Å²) in [5, 5.41) is 3.21. The number of nitrogens with one attached hydrogen (secondary N) is 1. The van der Waals surface area contributed by atoms with Crippen molar-refractivity contribution in [3.63, 3.8) is 0 Å². The van der Waals surface area contributed by atoms with E-state index in [1.165, 1.54) is 11.1 Å². The van der Waals surface area contributed by atoms with Crippen LogP contribution in [0.5, 0.6) is 5.75 Å². The van der Waals surface area contributed by atoms with Gasteiger partial charge in [-0.3, -0.25) is 9.59 Å². The molecule has 2 atom stereocenters. The number of carbonyl (C=O) groups is 2. The van der Waals surface area contributed by atoms with Crippen LogP contribution in [-0.4, -0.2) is 49.8 Å². The number of amides is 1. The van der Waals surface area contributed by atoms with Gasteiger partial charge in [0.1, 0.15) is 19.0 Å². The molecule has 1 aliphatic carbocycles. The zero-order valence-electron chi connectivity index (χ0n) is 19.5. The van der Waals surface area contributed by atoms with Crippen LogP contribution in [0.2, 0.25) is 0 Å². The van der Waals surface area contributed by atoms with Crippen LogP contribution in [0.4, 0.5) is 0 Å². The molecule has 1 saturated heterocycles. The summed E-state index contributed by atoms with van der Waals surface area (Å²) < 4.78 is 18.2. The van der Waals surface area contributed by atoms with Crippen molar-refractivity contribution < 1.29 is 23.8 Å². The standard InChI is InChI=1S/C26H37NO5/c1-3-4-12-26(17-30-16-24(29)27-26)20-13-21(28)15-32-23-7-5-6-18(2)25(23)19-8-10-22(11-9-19)31-14-20/h5-7,19-20,22H,3-4,8-17H2,1-2H3,(H,27,29)/t19?,20-,22?,26+/m1/s1. The van der Waals surface area contributed by atoms with Crippen LogP contribution in [0.15, 0.2) is 18.2 Å².